The molecule has 0 saturated heterocycles. The Hall–Kier alpha value is -2.53. The smallest absolute Gasteiger partial charge is 0.350 e. The number of nitrogens with zero attached hydrogens (tertiary/aromatic N) is 2. The summed E-state index contributed by atoms with van der Waals surface area (Å²) in [6.45, 7) is 3.96. The highest BCUT2D eigenvalue weighted by atomic mass is 32.1. The van der Waals surface area contributed by atoms with Crippen LogP contribution in [0.5, 0.6) is 0 Å². The number of hydrogen-bond donors (Lipinski definition) is 0. The minimum Gasteiger partial charge on any atom is -0.462 e. The van der Waals surface area contributed by atoms with Crippen molar-refractivity contribution in [3.05, 3.63) is 59.2 Å². The SMILES string of the molecule is CCOC(=O)c1sc(-c2cc(-c3ccccc3)ccn2)nc1C. The Bertz CT molecular complexity index is 828. The van der Waals surface area contributed by atoms with Crippen LogP contribution in [0.2, 0.25) is 0 Å². The molecule has 0 amide bonds. The van der Waals surface area contributed by atoms with Gasteiger partial charge in [-0.15, -0.1) is 11.3 Å². The monoisotopic (exact) mass is 324 g/mol. The predicted molar refractivity (Wildman–Crippen MR) is 91.5 cm³/mol. The van der Waals surface area contributed by atoms with Crippen molar-refractivity contribution in [1.82, 2.24) is 9.97 Å². The van der Waals surface area contributed by atoms with Crippen molar-refractivity contribution in [3.8, 4) is 21.8 Å². The van der Waals surface area contributed by atoms with Crippen LogP contribution >= 0.6 is 11.3 Å². The molecule has 116 valence electrons. The summed E-state index contributed by atoms with van der Waals surface area (Å²) in [5.74, 6) is -0.326. The highest BCUT2D eigenvalue weighted by Crippen LogP contribution is 2.29. The molecule has 0 N–H and O–H groups in total. The highest BCUT2D eigenvalue weighted by molar-refractivity contribution is 7.17. The second-order valence-electron chi connectivity index (χ2n) is 4.95. The number of benzene rings is 1. The fourth-order valence-electron chi connectivity index (χ4n) is 2.25. The van der Waals surface area contributed by atoms with Crippen molar-refractivity contribution < 1.29 is 9.53 Å². The number of ether oxygens (including phenoxy) is 1. The lowest BCUT2D eigenvalue weighted by atomic mass is 10.1. The summed E-state index contributed by atoms with van der Waals surface area (Å²) in [5, 5.41) is 0.725. The maximum atomic E-state index is 11.9. The Morgan fingerprint density at radius 1 is 1.17 bits per heavy atom. The Morgan fingerprint density at radius 2 is 1.96 bits per heavy atom. The van der Waals surface area contributed by atoms with Gasteiger partial charge in [-0.3, -0.25) is 4.98 Å². The van der Waals surface area contributed by atoms with Crippen molar-refractivity contribution in [2.45, 2.75) is 13.8 Å². The van der Waals surface area contributed by atoms with Gasteiger partial charge in [0.05, 0.1) is 18.0 Å². The van der Waals surface area contributed by atoms with Crippen molar-refractivity contribution in [2.24, 2.45) is 0 Å². The van der Waals surface area contributed by atoms with E-state index in [9.17, 15) is 4.79 Å². The molecular formula is C18H16N2O2S. The molecule has 0 spiro atoms. The van der Waals surface area contributed by atoms with Crippen LogP contribution in [0.25, 0.3) is 21.8 Å². The molecule has 0 radical (unpaired) electrons. The zero-order chi connectivity index (χ0) is 16.2. The van der Waals surface area contributed by atoms with Gasteiger partial charge in [0, 0.05) is 6.20 Å². The number of aromatic nitrogens is 2. The van der Waals surface area contributed by atoms with Crippen LogP contribution in [-0.2, 0) is 4.74 Å². The molecule has 4 nitrogen and oxygen atoms in total. The summed E-state index contributed by atoms with van der Waals surface area (Å²) in [6.07, 6.45) is 1.76. The molecule has 2 heterocycles. The van der Waals surface area contributed by atoms with Crippen LogP contribution in [0.4, 0.5) is 0 Å². The van der Waals surface area contributed by atoms with E-state index in [4.69, 9.17) is 4.74 Å². The number of aryl methyl sites for hydroxylation is 1. The molecule has 0 saturated carbocycles. The molecule has 23 heavy (non-hydrogen) atoms. The van der Waals surface area contributed by atoms with Crippen LogP contribution in [0, 0.1) is 6.92 Å². The Kier molecular flexibility index (Phi) is 4.48. The lowest BCUT2D eigenvalue weighted by Crippen LogP contribution is -2.03. The molecule has 0 bridgehead atoms. The van der Waals surface area contributed by atoms with Gasteiger partial charge in [0.25, 0.3) is 0 Å². The van der Waals surface area contributed by atoms with Crippen LogP contribution in [-0.4, -0.2) is 22.5 Å². The average molecular weight is 324 g/mol. The molecule has 0 aliphatic heterocycles. The molecule has 0 aliphatic carbocycles. The molecule has 0 atom stereocenters. The molecule has 0 aliphatic rings. The highest BCUT2D eigenvalue weighted by Gasteiger charge is 2.18. The third-order valence-corrected chi connectivity index (χ3v) is 4.50. The molecule has 5 heteroatoms. The normalized spacial score (nSPS) is 10.5. The predicted octanol–water partition coefficient (Wildman–Crippen LogP) is 4.36. The summed E-state index contributed by atoms with van der Waals surface area (Å²) in [7, 11) is 0. The Morgan fingerprint density at radius 3 is 2.70 bits per heavy atom. The fourth-order valence-corrected chi connectivity index (χ4v) is 3.18. The Labute approximate surface area is 138 Å². The van der Waals surface area contributed by atoms with Crippen LogP contribution in [0.1, 0.15) is 22.3 Å². The number of carbonyl (C=O) groups is 1. The van der Waals surface area contributed by atoms with Crippen molar-refractivity contribution in [2.75, 3.05) is 6.61 Å². The van der Waals surface area contributed by atoms with Gasteiger partial charge in [-0.1, -0.05) is 30.3 Å². The third kappa shape index (κ3) is 3.29. The van der Waals surface area contributed by atoms with Gasteiger partial charge in [-0.25, -0.2) is 9.78 Å². The molecule has 1 aromatic carbocycles. The van der Waals surface area contributed by atoms with Crippen LogP contribution < -0.4 is 0 Å². The van der Waals surface area contributed by atoms with E-state index < -0.39 is 0 Å². The van der Waals surface area contributed by atoms with E-state index in [-0.39, 0.29) is 5.97 Å². The first-order valence-electron chi connectivity index (χ1n) is 7.35. The summed E-state index contributed by atoms with van der Waals surface area (Å²) >= 11 is 1.32. The van der Waals surface area contributed by atoms with E-state index in [1.165, 1.54) is 11.3 Å². The maximum Gasteiger partial charge on any atom is 0.350 e. The quantitative estimate of drug-likeness (QED) is 0.669. The molecule has 3 rings (SSSR count). The Balaban J connectivity index is 1.97. The van der Waals surface area contributed by atoms with Gasteiger partial charge >= 0.3 is 5.97 Å². The summed E-state index contributed by atoms with van der Waals surface area (Å²) < 4.78 is 5.06. The van der Waals surface area contributed by atoms with E-state index in [1.807, 2.05) is 37.3 Å². The summed E-state index contributed by atoms with van der Waals surface area (Å²) in [5.41, 5.74) is 3.63. The number of hydrogen-bond acceptors (Lipinski definition) is 5. The topological polar surface area (TPSA) is 52.1 Å². The third-order valence-electron chi connectivity index (χ3n) is 3.34. The standard InChI is InChI=1S/C18H16N2O2S/c1-3-22-18(21)16-12(2)20-17(23-16)15-11-14(9-10-19-15)13-7-5-4-6-8-13/h4-11H,3H2,1-2H3. The largest absolute Gasteiger partial charge is 0.462 e. The van der Waals surface area contributed by atoms with Crippen molar-refractivity contribution >= 4 is 17.3 Å². The zero-order valence-electron chi connectivity index (χ0n) is 12.9. The van der Waals surface area contributed by atoms with E-state index in [0.29, 0.717) is 17.2 Å². The first kappa shape index (κ1) is 15.4. The van der Waals surface area contributed by atoms with Gasteiger partial charge in [0.1, 0.15) is 9.88 Å². The van der Waals surface area contributed by atoms with Crippen LogP contribution in [0.15, 0.2) is 48.7 Å². The molecule has 2 aromatic heterocycles. The minimum absolute atomic E-state index is 0.326. The molecular weight excluding hydrogens is 308 g/mol. The lowest BCUT2D eigenvalue weighted by Gasteiger charge is -2.02. The van der Waals surface area contributed by atoms with E-state index in [2.05, 4.69) is 22.1 Å². The second-order valence-corrected chi connectivity index (χ2v) is 5.95. The fraction of sp³-hybridized carbons (Fsp3) is 0.167. The second kappa shape index (κ2) is 6.71. The van der Waals surface area contributed by atoms with Gasteiger partial charge in [0.15, 0.2) is 0 Å². The summed E-state index contributed by atoms with van der Waals surface area (Å²) in [4.78, 5) is 21.3. The number of pyridine rings is 1. The molecule has 0 unspecified atom stereocenters. The van der Waals surface area contributed by atoms with E-state index in [0.717, 1.165) is 21.8 Å². The maximum absolute atomic E-state index is 11.9. The summed E-state index contributed by atoms with van der Waals surface area (Å²) in [6, 6.07) is 14.0. The van der Waals surface area contributed by atoms with Crippen molar-refractivity contribution in [1.29, 1.82) is 0 Å². The van der Waals surface area contributed by atoms with Gasteiger partial charge in [0.2, 0.25) is 0 Å². The number of rotatable bonds is 4. The zero-order valence-corrected chi connectivity index (χ0v) is 13.8. The van der Waals surface area contributed by atoms with Gasteiger partial charge < -0.3 is 4.74 Å². The molecule has 3 aromatic rings. The number of thiazole rings is 1. The average Bonchev–Trinajstić information content (AvgIpc) is 2.98. The number of esters is 1. The number of carbonyl (C=O) groups excluding carboxylic acids is 1. The molecule has 0 fully saturated rings. The van der Waals surface area contributed by atoms with Crippen LogP contribution in [0.3, 0.4) is 0 Å². The van der Waals surface area contributed by atoms with Crippen molar-refractivity contribution in [3.63, 3.8) is 0 Å². The lowest BCUT2D eigenvalue weighted by molar-refractivity contribution is 0.0531. The first-order chi connectivity index (χ1) is 11.2. The van der Waals surface area contributed by atoms with Gasteiger partial charge in [-0.05, 0) is 37.1 Å². The van der Waals surface area contributed by atoms with E-state index in [1.54, 1.807) is 13.1 Å². The van der Waals surface area contributed by atoms with E-state index >= 15 is 0 Å². The van der Waals surface area contributed by atoms with Gasteiger partial charge in [-0.2, -0.15) is 0 Å². The minimum atomic E-state index is -0.326. The first-order valence-corrected chi connectivity index (χ1v) is 8.17.